The van der Waals surface area contributed by atoms with Crippen LogP contribution in [0.1, 0.15) is 19.3 Å². The first-order chi connectivity index (χ1) is 11.7. The van der Waals surface area contributed by atoms with Gasteiger partial charge in [-0.2, -0.15) is 0 Å². The van der Waals surface area contributed by atoms with Gasteiger partial charge < -0.3 is 15.4 Å². The summed E-state index contributed by atoms with van der Waals surface area (Å²) in [4.78, 5) is 23.6. The summed E-state index contributed by atoms with van der Waals surface area (Å²) < 4.78 is 5.69. The molecule has 0 spiro atoms. The van der Waals surface area contributed by atoms with Crippen LogP contribution in [0.5, 0.6) is 11.5 Å². The van der Waals surface area contributed by atoms with E-state index >= 15 is 0 Å². The molecule has 1 aliphatic carbocycles. The third kappa shape index (κ3) is 4.35. The predicted molar refractivity (Wildman–Crippen MR) is 91.9 cm³/mol. The minimum atomic E-state index is -0.237. The summed E-state index contributed by atoms with van der Waals surface area (Å²) in [6.45, 7) is -0.00238. The Labute approximate surface area is 141 Å². The van der Waals surface area contributed by atoms with E-state index in [-0.39, 0.29) is 24.3 Å². The summed E-state index contributed by atoms with van der Waals surface area (Å²) in [5.41, 5.74) is 0.665. The zero-order chi connectivity index (χ0) is 16.8. The fourth-order valence-electron chi connectivity index (χ4n) is 2.42. The molecule has 0 radical (unpaired) electrons. The number of rotatable bonds is 6. The lowest BCUT2D eigenvalue weighted by molar-refractivity contribution is -0.129. The number of carbonyl (C=O) groups excluding carboxylic acids is 2. The van der Waals surface area contributed by atoms with Crippen LogP contribution >= 0.6 is 0 Å². The molecule has 2 aromatic rings. The van der Waals surface area contributed by atoms with Crippen LogP contribution in [0.3, 0.4) is 0 Å². The highest BCUT2D eigenvalue weighted by atomic mass is 16.5. The lowest BCUT2D eigenvalue weighted by Crippen LogP contribution is -2.39. The zero-order valence-corrected chi connectivity index (χ0v) is 13.3. The Kier molecular flexibility index (Phi) is 5.11. The van der Waals surface area contributed by atoms with E-state index < -0.39 is 0 Å². The molecule has 5 heteroatoms. The van der Waals surface area contributed by atoms with Crippen molar-refractivity contribution in [2.45, 2.75) is 19.3 Å². The minimum Gasteiger partial charge on any atom is -0.457 e. The van der Waals surface area contributed by atoms with Crippen LogP contribution in [0, 0.1) is 5.92 Å². The van der Waals surface area contributed by atoms with Gasteiger partial charge in [0.15, 0.2) is 0 Å². The lowest BCUT2D eigenvalue weighted by atomic mass is 9.85. The van der Waals surface area contributed by atoms with Crippen molar-refractivity contribution in [2.24, 2.45) is 5.92 Å². The summed E-state index contributed by atoms with van der Waals surface area (Å²) >= 11 is 0. The number of amides is 2. The van der Waals surface area contributed by atoms with E-state index in [1.165, 1.54) is 0 Å². The number of benzene rings is 2. The first-order valence-electron chi connectivity index (χ1n) is 8.11. The van der Waals surface area contributed by atoms with Crippen LogP contribution in [0.25, 0.3) is 0 Å². The quantitative estimate of drug-likeness (QED) is 0.856. The Morgan fingerprint density at radius 3 is 2.25 bits per heavy atom. The van der Waals surface area contributed by atoms with Crippen molar-refractivity contribution in [3.8, 4) is 11.5 Å². The Morgan fingerprint density at radius 2 is 1.62 bits per heavy atom. The standard InChI is InChI=1S/C19H20N2O3/c22-18(13-20-19(23)14-5-4-6-14)21-15-9-11-17(12-10-15)24-16-7-2-1-3-8-16/h1-3,7-12,14H,4-6,13H2,(H,20,23)(H,21,22). The number of carbonyl (C=O) groups is 2. The third-order valence-electron chi connectivity index (χ3n) is 4.02. The number of hydrogen-bond acceptors (Lipinski definition) is 3. The second-order valence-corrected chi connectivity index (χ2v) is 5.83. The Morgan fingerprint density at radius 1 is 0.958 bits per heavy atom. The van der Waals surface area contributed by atoms with E-state index in [0.29, 0.717) is 11.4 Å². The molecule has 124 valence electrons. The number of anilines is 1. The van der Waals surface area contributed by atoms with Gasteiger partial charge in [-0.3, -0.25) is 9.59 Å². The fraction of sp³-hybridized carbons (Fsp3) is 0.263. The molecule has 0 bridgehead atoms. The number of hydrogen-bond donors (Lipinski definition) is 2. The molecule has 0 heterocycles. The van der Waals surface area contributed by atoms with Crippen molar-refractivity contribution in [2.75, 3.05) is 11.9 Å². The van der Waals surface area contributed by atoms with E-state index in [9.17, 15) is 9.59 Å². The van der Waals surface area contributed by atoms with Gasteiger partial charge in [0.1, 0.15) is 11.5 Å². The summed E-state index contributed by atoms with van der Waals surface area (Å²) in [5.74, 6) is 1.28. The van der Waals surface area contributed by atoms with E-state index in [2.05, 4.69) is 10.6 Å². The fourth-order valence-corrected chi connectivity index (χ4v) is 2.42. The van der Waals surface area contributed by atoms with Gasteiger partial charge in [0.25, 0.3) is 0 Å². The maximum atomic E-state index is 11.9. The normalized spacial score (nSPS) is 13.7. The predicted octanol–water partition coefficient (Wildman–Crippen LogP) is 3.33. The average Bonchev–Trinajstić information content (AvgIpc) is 2.54. The maximum absolute atomic E-state index is 11.9. The molecular weight excluding hydrogens is 304 g/mol. The van der Waals surface area contributed by atoms with Gasteiger partial charge in [-0.25, -0.2) is 0 Å². The van der Waals surface area contributed by atoms with Gasteiger partial charge in [-0.15, -0.1) is 0 Å². The molecular formula is C19H20N2O3. The Hall–Kier alpha value is -2.82. The topological polar surface area (TPSA) is 67.4 Å². The van der Waals surface area contributed by atoms with Gasteiger partial charge >= 0.3 is 0 Å². The van der Waals surface area contributed by atoms with Crippen molar-refractivity contribution < 1.29 is 14.3 Å². The largest absolute Gasteiger partial charge is 0.457 e. The number of para-hydroxylation sites is 1. The minimum absolute atomic E-state index is 0.00238. The van der Waals surface area contributed by atoms with Crippen LogP contribution in [-0.2, 0) is 9.59 Å². The molecule has 2 amide bonds. The van der Waals surface area contributed by atoms with Crippen molar-refractivity contribution >= 4 is 17.5 Å². The van der Waals surface area contributed by atoms with E-state index in [1.807, 2.05) is 30.3 Å². The van der Waals surface area contributed by atoms with Crippen molar-refractivity contribution in [3.63, 3.8) is 0 Å². The number of nitrogens with one attached hydrogen (secondary N) is 2. The summed E-state index contributed by atoms with van der Waals surface area (Å²) in [6.07, 6.45) is 2.95. The molecule has 3 rings (SSSR count). The highest BCUT2D eigenvalue weighted by Crippen LogP contribution is 2.26. The average molecular weight is 324 g/mol. The van der Waals surface area contributed by atoms with Gasteiger partial charge in [0.05, 0.1) is 6.54 Å². The van der Waals surface area contributed by atoms with Crippen LogP contribution < -0.4 is 15.4 Å². The van der Waals surface area contributed by atoms with Crippen LogP contribution in [0.2, 0.25) is 0 Å². The highest BCUT2D eigenvalue weighted by Gasteiger charge is 2.25. The first-order valence-corrected chi connectivity index (χ1v) is 8.11. The lowest BCUT2D eigenvalue weighted by Gasteiger charge is -2.23. The number of ether oxygens (including phenoxy) is 1. The monoisotopic (exact) mass is 324 g/mol. The van der Waals surface area contributed by atoms with Gasteiger partial charge in [0, 0.05) is 11.6 Å². The van der Waals surface area contributed by atoms with Gasteiger partial charge in [-0.05, 0) is 49.2 Å². The highest BCUT2D eigenvalue weighted by molar-refractivity contribution is 5.94. The van der Waals surface area contributed by atoms with Crippen LogP contribution in [0.15, 0.2) is 54.6 Å². The van der Waals surface area contributed by atoms with E-state index in [4.69, 9.17) is 4.74 Å². The molecule has 24 heavy (non-hydrogen) atoms. The summed E-state index contributed by atoms with van der Waals surface area (Å²) in [5, 5.41) is 5.43. The molecule has 5 nitrogen and oxygen atoms in total. The van der Waals surface area contributed by atoms with Gasteiger partial charge in [0.2, 0.25) is 11.8 Å². The third-order valence-corrected chi connectivity index (χ3v) is 4.02. The summed E-state index contributed by atoms with van der Waals surface area (Å²) in [6, 6.07) is 16.6. The molecule has 1 fully saturated rings. The first kappa shape index (κ1) is 16.1. The van der Waals surface area contributed by atoms with Crippen LogP contribution in [-0.4, -0.2) is 18.4 Å². The molecule has 0 atom stereocenters. The van der Waals surface area contributed by atoms with Crippen molar-refractivity contribution in [3.05, 3.63) is 54.6 Å². The smallest absolute Gasteiger partial charge is 0.243 e. The molecule has 0 saturated heterocycles. The Bertz CT molecular complexity index is 694. The van der Waals surface area contributed by atoms with Crippen molar-refractivity contribution in [1.82, 2.24) is 5.32 Å². The van der Waals surface area contributed by atoms with Gasteiger partial charge in [-0.1, -0.05) is 24.6 Å². The van der Waals surface area contributed by atoms with E-state index in [0.717, 1.165) is 25.0 Å². The molecule has 0 aromatic heterocycles. The maximum Gasteiger partial charge on any atom is 0.243 e. The molecule has 0 aliphatic heterocycles. The summed E-state index contributed by atoms with van der Waals surface area (Å²) in [7, 11) is 0. The van der Waals surface area contributed by atoms with Crippen molar-refractivity contribution in [1.29, 1.82) is 0 Å². The van der Waals surface area contributed by atoms with E-state index in [1.54, 1.807) is 24.3 Å². The molecule has 1 saturated carbocycles. The Balaban J connectivity index is 1.46. The van der Waals surface area contributed by atoms with Crippen LogP contribution in [0.4, 0.5) is 5.69 Å². The second kappa shape index (κ2) is 7.64. The molecule has 1 aliphatic rings. The SMILES string of the molecule is O=C(CNC(=O)C1CCC1)Nc1ccc(Oc2ccccc2)cc1. The molecule has 0 unspecified atom stereocenters. The molecule has 2 aromatic carbocycles. The second-order valence-electron chi connectivity index (χ2n) is 5.83. The molecule has 2 N–H and O–H groups in total. The zero-order valence-electron chi connectivity index (χ0n) is 13.3.